The summed E-state index contributed by atoms with van der Waals surface area (Å²) in [6, 6.07) is 0. The minimum atomic E-state index is 0. The second kappa shape index (κ2) is 26.5. The van der Waals surface area contributed by atoms with Crippen molar-refractivity contribution >= 4 is 0 Å². The molecule has 0 aromatic heterocycles. The van der Waals surface area contributed by atoms with Gasteiger partial charge in [0.2, 0.25) is 0 Å². The summed E-state index contributed by atoms with van der Waals surface area (Å²) in [5.74, 6) is 0. The average molecular weight is 273 g/mol. The Morgan fingerprint density at radius 1 is 0.368 bits per heavy atom. The zero-order valence-corrected chi connectivity index (χ0v) is 13.9. The van der Waals surface area contributed by atoms with E-state index in [0.29, 0.717) is 0 Å². The van der Waals surface area contributed by atoms with Crippen LogP contribution >= 0.6 is 0 Å². The molecule has 0 aromatic rings. The third kappa shape index (κ3) is 27.3. The topological polar surface area (TPSA) is 0 Å². The van der Waals surface area contributed by atoms with Crippen LogP contribution in [-0.2, 0) is 0 Å². The molecule has 0 aliphatic rings. The van der Waals surface area contributed by atoms with Gasteiger partial charge >= 0.3 is 0 Å². The molecule has 0 rings (SSSR count). The second-order valence-corrected chi connectivity index (χ2v) is 5.24. The van der Waals surface area contributed by atoms with Crippen LogP contribution in [0.3, 0.4) is 0 Å². The Hall–Kier alpha value is 0. The molecule has 0 radical (unpaired) electrons. The summed E-state index contributed by atoms with van der Waals surface area (Å²) in [6.45, 7) is 8.58. The van der Waals surface area contributed by atoms with Crippen molar-refractivity contribution in [1.82, 2.24) is 0 Å². The molecule has 0 heterocycles. The van der Waals surface area contributed by atoms with Gasteiger partial charge in [-0.1, -0.05) is 125 Å². The Balaban J connectivity index is -0.000000809. The highest BCUT2D eigenvalue weighted by Crippen LogP contribution is 2.12. The molecule has 0 unspecified atom stereocenters. The molecule has 0 fully saturated rings. The van der Waals surface area contributed by atoms with Crippen molar-refractivity contribution < 1.29 is 0 Å². The maximum absolute atomic E-state index is 2.29. The molecule has 19 heavy (non-hydrogen) atoms. The molecule has 0 aromatic carbocycles. The van der Waals surface area contributed by atoms with Gasteiger partial charge in [0.1, 0.15) is 0 Å². The summed E-state index contributed by atoms with van der Waals surface area (Å²) in [5, 5.41) is 0. The minimum Gasteiger partial charge on any atom is -0.0776 e. The van der Waals surface area contributed by atoms with Gasteiger partial charge in [-0.15, -0.1) is 0 Å². The summed E-state index contributed by atoms with van der Waals surface area (Å²) in [6.07, 6.45) is 20.4. The first-order chi connectivity index (χ1) is 8.91. The average Bonchev–Trinajstić information content (AvgIpc) is 2.42. The third-order valence-electron chi connectivity index (χ3n) is 3.46. The number of hydrogen-bond donors (Lipinski definition) is 0. The van der Waals surface area contributed by atoms with E-state index in [1.165, 1.54) is 89.9 Å². The van der Waals surface area contributed by atoms with Crippen molar-refractivity contribution in [3.8, 4) is 0 Å². The van der Waals surface area contributed by atoms with Crippen molar-refractivity contribution in [1.29, 1.82) is 0 Å². The lowest BCUT2D eigenvalue weighted by molar-refractivity contribution is 0.538. The van der Waals surface area contributed by atoms with Crippen LogP contribution in [-0.4, -0.2) is 0 Å². The van der Waals surface area contributed by atoms with Gasteiger partial charge in [-0.05, 0) is 0 Å². The molecule has 0 atom stereocenters. The van der Waals surface area contributed by atoms with E-state index < -0.39 is 0 Å². The summed E-state index contributed by atoms with van der Waals surface area (Å²) in [4.78, 5) is 0. The van der Waals surface area contributed by atoms with Crippen LogP contribution in [0.25, 0.3) is 0 Å². The van der Waals surface area contributed by atoms with Gasteiger partial charge in [-0.25, -0.2) is 0 Å². The van der Waals surface area contributed by atoms with Crippen molar-refractivity contribution in [2.24, 2.45) is 0 Å². The zero-order valence-electron chi connectivity index (χ0n) is 13.9. The van der Waals surface area contributed by atoms with E-state index in [4.69, 9.17) is 0 Å². The molecule has 0 aliphatic carbocycles. The number of rotatable bonds is 13. The van der Waals surface area contributed by atoms with Crippen LogP contribution in [0.15, 0.2) is 0 Å². The predicted molar refractivity (Wildman–Crippen MR) is 94.1 cm³/mol. The molecule has 0 saturated heterocycles. The lowest BCUT2D eigenvalue weighted by Crippen LogP contribution is -1.82. The van der Waals surface area contributed by atoms with Gasteiger partial charge in [0.15, 0.2) is 0 Å². The molecule has 0 heteroatoms. The van der Waals surface area contributed by atoms with E-state index in [1.807, 2.05) is 13.8 Å². The van der Waals surface area contributed by atoms with Crippen molar-refractivity contribution in [3.05, 3.63) is 0 Å². The smallest absolute Gasteiger partial charge is 0.0533 e. The first kappa shape index (κ1) is 24.0. The van der Waals surface area contributed by atoms with Crippen LogP contribution in [0.5, 0.6) is 0 Å². The summed E-state index contributed by atoms with van der Waals surface area (Å²) < 4.78 is 0. The number of unbranched alkanes of at least 4 members (excludes halogenated alkanes) is 13. The predicted octanol–water partition coefficient (Wildman–Crippen LogP) is 8.15. The number of hydrogen-bond acceptors (Lipinski definition) is 0. The maximum Gasteiger partial charge on any atom is -0.0533 e. The Bertz CT molecular complexity index is 92.6. The van der Waals surface area contributed by atoms with Gasteiger partial charge in [0.25, 0.3) is 0 Å². The molecule has 0 N–H and O–H groups in total. The highest BCUT2D eigenvalue weighted by atomic mass is 14.0. The van der Waals surface area contributed by atoms with E-state index >= 15 is 0 Å². The van der Waals surface area contributed by atoms with Crippen molar-refractivity contribution in [2.75, 3.05) is 0 Å². The molecular weight excluding hydrogens is 228 g/mol. The third-order valence-corrected chi connectivity index (χ3v) is 3.46. The normalized spacial score (nSPS) is 9.47. The Morgan fingerprint density at radius 2 is 0.526 bits per heavy atom. The van der Waals surface area contributed by atoms with Crippen LogP contribution in [0.1, 0.15) is 125 Å². The zero-order chi connectivity index (χ0) is 13.9. The van der Waals surface area contributed by atoms with E-state index in [1.54, 1.807) is 0 Å². The first-order valence-electron chi connectivity index (χ1n) is 8.91. The lowest BCUT2D eigenvalue weighted by atomic mass is 10.0. The summed E-state index contributed by atoms with van der Waals surface area (Å²) in [7, 11) is 0. The van der Waals surface area contributed by atoms with E-state index in [-0.39, 0.29) is 7.43 Å². The molecule has 0 bridgehead atoms. The SMILES string of the molecule is C.CC.CCCCCCCCCCCCCCCC. The first-order valence-corrected chi connectivity index (χ1v) is 8.91. The maximum atomic E-state index is 2.29. The highest BCUT2D eigenvalue weighted by Gasteiger charge is 1.92. The van der Waals surface area contributed by atoms with Gasteiger partial charge in [-0.2, -0.15) is 0 Å². The van der Waals surface area contributed by atoms with Crippen LogP contribution in [0.2, 0.25) is 0 Å². The summed E-state index contributed by atoms with van der Waals surface area (Å²) in [5.41, 5.74) is 0. The molecule has 0 amide bonds. The fourth-order valence-corrected chi connectivity index (χ4v) is 2.27. The van der Waals surface area contributed by atoms with Gasteiger partial charge < -0.3 is 0 Å². The van der Waals surface area contributed by atoms with Gasteiger partial charge in [0.05, 0.1) is 0 Å². The van der Waals surface area contributed by atoms with E-state index in [2.05, 4.69) is 13.8 Å². The molecule has 0 spiro atoms. The van der Waals surface area contributed by atoms with Gasteiger partial charge in [0, 0.05) is 0 Å². The molecule has 0 aliphatic heterocycles. The van der Waals surface area contributed by atoms with Crippen molar-refractivity contribution in [3.63, 3.8) is 0 Å². The Labute approximate surface area is 125 Å². The van der Waals surface area contributed by atoms with Crippen LogP contribution < -0.4 is 0 Å². The highest BCUT2D eigenvalue weighted by molar-refractivity contribution is 4.48. The van der Waals surface area contributed by atoms with Crippen LogP contribution in [0, 0.1) is 0 Å². The minimum absolute atomic E-state index is 0. The standard InChI is InChI=1S/C16H34.C2H6.CH4/c1-3-5-7-9-11-13-15-16-14-12-10-8-6-4-2;1-2;/h3-16H2,1-2H3;1-2H3;1H4. The fourth-order valence-electron chi connectivity index (χ4n) is 2.27. The quantitative estimate of drug-likeness (QED) is 0.297. The van der Waals surface area contributed by atoms with E-state index in [0.717, 1.165) is 0 Å². The summed E-state index contributed by atoms with van der Waals surface area (Å²) >= 11 is 0. The largest absolute Gasteiger partial charge is 0.0776 e. The molecule has 0 saturated carbocycles. The second-order valence-electron chi connectivity index (χ2n) is 5.24. The lowest BCUT2D eigenvalue weighted by Gasteiger charge is -2.02. The van der Waals surface area contributed by atoms with E-state index in [9.17, 15) is 0 Å². The molecule has 0 nitrogen and oxygen atoms in total. The monoisotopic (exact) mass is 272 g/mol. The molecule has 120 valence electrons. The van der Waals surface area contributed by atoms with Crippen LogP contribution in [0.4, 0.5) is 0 Å². The van der Waals surface area contributed by atoms with Crippen molar-refractivity contribution in [2.45, 2.75) is 125 Å². The molecular formula is C19H44. The van der Waals surface area contributed by atoms with Gasteiger partial charge in [-0.3, -0.25) is 0 Å². The fraction of sp³-hybridized carbons (Fsp3) is 1.00. The Kier molecular flexibility index (Phi) is 33.6. The Morgan fingerprint density at radius 3 is 0.684 bits per heavy atom.